The Morgan fingerprint density at radius 1 is 0.613 bits per heavy atom. The SMILES string of the molecule is Cc1cc2cc(CC(C)C)ccc2[cH-]1.Cc1cc2cc(CC(C)C)ccc2[cH-]1.[Cl-].[Cl-].[Zr+4]. The average molecular weight is 533 g/mol. The molecule has 0 aliphatic carbocycles. The molecule has 0 nitrogen and oxygen atoms in total. The summed E-state index contributed by atoms with van der Waals surface area (Å²) in [7, 11) is 0. The van der Waals surface area contributed by atoms with Gasteiger partial charge in [-0.2, -0.15) is 12.1 Å². The number of aryl methyl sites for hydroxylation is 2. The third kappa shape index (κ3) is 8.88. The van der Waals surface area contributed by atoms with E-state index in [1.165, 1.54) is 56.6 Å². The van der Waals surface area contributed by atoms with E-state index in [2.05, 4.69) is 102 Å². The minimum absolute atomic E-state index is 0. The summed E-state index contributed by atoms with van der Waals surface area (Å²) in [4.78, 5) is 0. The number of halogens is 2. The molecule has 0 radical (unpaired) electrons. The maximum atomic E-state index is 2.32. The Labute approximate surface area is 220 Å². The first-order valence-electron chi connectivity index (χ1n) is 10.6. The fourth-order valence-corrected chi connectivity index (χ4v) is 4.02. The standard InChI is InChI=1S/2C14H17.2ClH.Zr/c2*1-10(2)6-12-4-5-13-7-11(3)8-14(13)9-12;;;/h2*4-5,7-10H,6H2,1-3H3;2*1H;/q2*-1;;;+4/p-2. The van der Waals surface area contributed by atoms with Crippen LogP contribution in [0.15, 0.2) is 60.7 Å². The number of hydrogen-bond donors (Lipinski definition) is 0. The van der Waals surface area contributed by atoms with Crippen LogP contribution in [0.1, 0.15) is 49.9 Å². The monoisotopic (exact) mass is 530 g/mol. The summed E-state index contributed by atoms with van der Waals surface area (Å²) in [5.41, 5.74) is 5.64. The molecule has 0 fully saturated rings. The molecule has 31 heavy (non-hydrogen) atoms. The van der Waals surface area contributed by atoms with Gasteiger partial charge in [-0.15, -0.1) is 81.2 Å². The van der Waals surface area contributed by atoms with Crippen molar-refractivity contribution >= 4 is 21.5 Å². The van der Waals surface area contributed by atoms with E-state index in [0.717, 1.165) is 11.8 Å². The predicted molar refractivity (Wildman–Crippen MR) is 126 cm³/mol. The predicted octanol–water partition coefficient (Wildman–Crippen LogP) is 2.14. The van der Waals surface area contributed by atoms with Gasteiger partial charge in [-0.1, -0.05) is 52.7 Å². The van der Waals surface area contributed by atoms with Gasteiger partial charge in [-0.3, -0.25) is 0 Å². The van der Waals surface area contributed by atoms with Crippen LogP contribution in [0.5, 0.6) is 0 Å². The summed E-state index contributed by atoms with van der Waals surface area (Å²) >= 11 is 0. The molecule has 0 saturated heterocycles. The van der Waals surface area contributed by atoms with Crippen LogP contribution in [0.4, 0.5) is 0 Å². The topological polar surface area (TPSA) is 0 Å². The van der Waals surface area contributed by atoms with Gasteiger partial charge in [-0.25, -0.2) is 0 Å². The third-order valence-electron chi connectivity index (χ3n) is 5.12. The quantitative estimate of drug-likeness (QED) is 0.354. The molecule has 0 heterocycles. The first-order valence-corrected chi connectivity index (χ1v) is 10.6. The van der Waals surface area contributed by atoms with Gasteiger partial charge in [0.15, 0.2) is 0 Å². The van der Waals surface area contributed by atoms with E-state index in [-0.39, 0.29) is 51.0 Å². The first kappa shape index (κ1) is 30.1. The fourth-order valence-electron chi connectivity index (χ4n) is 4.02. The Balaban J connectivity index is 0.000000529. The van der Waals surface area contributed by atoms with Crippen LogP contribution in [0.3, 0.4) is 0 Å². The molecule has 0 unspecified atom stereocenters. The number of hydrogen-bond acceptors (Lipinski definition) is 0. The molecule has 4 rings (SSSR count). The average Bonchev–Trinajstić information content (AvgIpc) is 3.14. The summed E-state index contributed by atoms with van der Waals surface area (Å²) in [5, 5.41) is 5.52. The minimum Gasteiger partial charge on any atom is -1.00 e. The maximum Gasteiger partial charge on any atom is 4.00 e. The van der Waals surface area contributed by atoms with Crippen molar-refractivity contribution in [2.45, 2.75) is 54.4 Å². The molecule has 4 aromatic carbocycles. The Bertz CT molecular complexity index is 967. The molecule has 0 spiro atoms. The maximum absolute atomic E-state index is 2.32. The van der Waals surface area contributed by atoms with Crippen LogP contribution in [0.2, 0.25) is 0 Å². The second kappa shape index (κ2) is 13.6. The summed E-state index contributed by atoms with van der Waals surface area (Å²) in [5.74, 6) is 1.48. The van der Waals surface area contributed by atoms with Gasteiger partial charge in [0, 0.05) is 0 Å². The van der Waals surface area contributed by atoms with Crippen LogP contribution < -0.4 is 24.8 Å². The molecular formula is C28H34Cl2Zr. The molecule has 0 aliphatic rings. The van der Waals surface area contributed by atoms with E-state index in [0.29, 0.717) is 0 Å². The number of fused-ring (bicyclic) bond motifs is 2. The third-order valence-corrected chi connectivity index (χ3v) is 5.12. The molecule has 4 aromatic rings. The normalized spacial score (nSPS) is 10.3. The second-order valence-corrected chi connectivity index (χ2v) is 9.19. The largest absolute Gasteiger partial charge is 4.00 e. The van der Waals surface area contributed by atoms with Crippen LogP contribution in [-0.2, 0) is 39.0 Å². The van der Waals surface area contributed by atoms with Crippen molar-refractivity contribution in [2.24, 2.45) is 11.8 Å². The van der Waals surface area contributed by atoms with Gasteiger partial charge in [-0.05, 0) is 24.7 Å². The van der Waals surface area contributed by atoms with Crippen LogP contribution in [0.25, 0.3) is 21.5 Å². The molecule has 0 bridgehead atoms. The Hall–Kier alpha value is -0.877. The Morgan fingerprint density at radius 2 is 0.968 bits per heavy atom. The smallest absolute Gasteiger partial charge is 1.00 e. The zero-order valence-corrected chi connectivity index (χ0v) is 23.6. The molecule has 3 heteroatoms. The molecule has 0 N–H and O–H groups in total. The first-order chi connectivity index (χ1) is 13.3. The van der Waals surface area contributed by atoms with Crippen molar-refractivity contribution in [3.05, 3.63) is 82.9 Å². The Morgan fingerprint density at radius 3 is 1.29 bits per heavy atom. The molecule has 0 aliphatic heterocycles. The second-order valence-electron chi connectivity index (χ2n) is 9.19. The minimum atomic E-state index is 0. The van der Waals surface area contributed by atoms with Gasteiger partial charge < -0.3 is 24.8 Å². The van der Waals surface area contributed by atoms with E-state index < -0.39 is 0 Å². The molecule has 0 amide bonds. The number of benzene rings is 2. The van der Waals surface area contributed by atoms with Crippen molar-refractivity contribution in [1.29, 1.82) is 0 Å². The van der Waals surface area contributed by atoms with Gasteiger partial charge in [0.05, 0.1) is 0 Å². The van der Waals surface area contributed by atoms with Crippen molar-refractivity contribution < 1.29 is 51.0 Å². The van der Waals surface area contributed by atoms with Crippen molar-refractivity contribution in [3.63, 3.8) is 0 Å². The molecule has 0 aromatic heterocycles. The van der Waals surface area contributed by atoms with Gasteiger partial charge in [0.2, 0.25) is 0 Å². The molecule has 164 valence electrons. The molecule has 0 atom stereocenters. The fraction of sp³-hybridized carbons (Fsp3) is 0.357. The molecule has 0 saturated carbocycles. The van der Waals surface area contributed by atoms with E-state index in [1.807, 2.05) is 0 Å². The zero-order valence-electron chi connectivity index (χ0n) is 19.6. The van der Waals surface area contributed by atoms with Gasteiger partial charge in [0.25, 0.3) is 0 Å². The summed E-state index contributed by atoms with van der Waals surface area (Å²) in [6.07, 6.45) is 2.36. The van der Waals surface area contributed by atoms with E-state index >= 15 is 0 Å². The van der Waals surface area contributed by atoms with E-state index in [1.54, 1.807) is 0 Å². The Kier molecular flexibility index (Phi) is 13.2. The van der Waals surface area contributed by atoms with Crippen molar-refractivity contribution in [1.82, 2.24) is 0 Å². The number of rotatable bonds is 4. The van der Waals surface area contributed by atoms with Crippen LogP contribution >= 0.6 is 0 Å². The van der Waals surface area contributed by atoms with E-state index in [9.17, 15) is 0 Å². The van der Waals surface area contributed by atoms with Gasteiger partial charge >= 0.3 is 26.2 Å². The van der Waals surface area contributed by atoms with Crippen LogP contribution in [0, 0.1) is 25.7 Å². The van der Waals surface area contributed by atoms with Gasteiger partial charge in [0.1, 0.15) is 0 Å². The van der Waals surface area contributed by atoms with Crippen LogP contribution in [-0.4, -0.2) is 0 Å². The van der Waals surface area contributed by atoms with E-state index in [4.69, 9.17) is 0 Å². The summed E-state index contributed by atoms with van der Waals surface area (Å²) in [6, 6.07) is 22.6. The zero-order chi connectivity index (χ0) is 20.3. The summed E-state index contributed by atoms with van der Waals surface area (Å²) in [6.45, 7) is 13.4. The van der Waals surface area contributed by atoms with Crippen molar-refractivity contribution in [2.75, 3.05) is 0 Å². The van der Waals surface area contributed by atoms with Crippen molar-refractivity contribution in [3.8, 4) is 0 Å². The summed E-state index contributed by atoms with van der Waals surface area (Å²) < 4.78 is 0. The molecular weight excluding hydrogens is 498 g/mol.